The summed E-state index contributed by atoms with van der Waals surface area (Å²) in [5.74, 6) is 1.38. The van der Waals surface area contributed by atoms with Crippen molar-refractivity contribution in [3.8, 4) is 11.5 Å². The normalized spacial score (nSPS) is 16.7. The van der Waals surface area contributed by atoms with Crippen molar-refractivity contribution in [1.29, 1.82) is 0 Å². The monoisotopic (exact) mass is 430 g/mol. The summed E-state index contributed by atoms with van der Waals surface area (Å²) >= 11 is 7.32. The van der Waals surface area contributed by atoms with Gasteiger partial charge in [-0.1, -0.05) is 18.5 Å². The first-order valence-corrected chi connectivity index (χ1v) is 10.4. The van der Waals surface area contributed by atoms with E-state index in [1.165, 1.54) is 11.8 Å². The van der Waals surface area contributed by atoms with Gasteiger partial charge in [-0.3, -0.25) is 9.69 Å². The highest BCUT2D eigenvalue weighted by Crippen LogP contribution is 2.38. The molecule has 0 aliphatic carbocycles. The van der Waals surface area contributed by atoms with E-state index in [2.05, 4.69) is 4.99 Å². The van der Waals surface area contributed by atoms with Crippen LogP contribution in [0.3, 0.4) is 0 Å². The van der Waals surface area contributed by atoms with Crippen molar-refractivity contribution < 1.29 is 14.3 Å². The molecule has 0 saturated carbocycles. The third-order valence-corrected chi connectivity index (χ3v) is 5.74. The fourth-order valence-electron chi connectivity index (χ4n) is 3.08. The van der Waals surface area contributed by atoms with Gasteiger partial charge in [-0.25, -0.2) is 4.99 Å². The van der Waals surface area contributed by atoms with Crippen molar-refractivity contribution in [2.24, 2.45) is 4.99 Å². The van der Waals surface area contributed by atoms with Gasteiger partial charge in [-0.05, 0) is 67.6 Å². The number of amides is 1. The van der Waals surface area contributed by atoms with Crippen LogP contribution in [0.25, 0.3) is 6.08 Å². The Balaban J connectivity index is 1.99. The summed E-state index contributed by atoms with van der Waals surface area (Å²) in [5.41, 5.74) is 2.47. The zero-order valence-electron chi connectivity index (χ0n) is 16.9. The quantitative estimate of drug-likeness (QED) is 0.553. The molecular formula is C22H23ClN2O3S. The number of rotatable bonds is 6. The number of aliphatic imine (C=N–C) groups is 1. The van der Waals surface area contributed by atoms with Crippen molar-refractivity contribution in [1.82, 2.24) is 4.90 Å². The molecule has 0 bridgehead atoms. The number of carbonyl (C=O) groups is 1. The Kier molecular flexibility index (Phi) is 6.87. The highest BCUT2D eigenvalue weighted by Gasteiger charge is 2.33. The van der Waals surface area contributed by atoms with Crippen LogP contribution in [0.5, 0.6) is 11.5 Å². The van der Waals surface area contributed by atoms with Crippen LogP contribution < -0.4 is 9.47 Å². The van der Waals surface area contributed by atoms with Gasteiger partial charge in [-0.2, -0.15) is 0 Å². The number of carbonyl (C=O) groups excluding carboxylic acids is 1. The Morgan fingerprint density at radius 1 is 1.14 bits per heavy atom. The maximum absolute atomic E-state index is 13.0. The molecule has 1 aliphatic rings. The van der Waals surface area contributed by atoms with E-state index in [1.807, 2.05) is 44.2 Å². The number of hydrogen-bond donors (Lipinski definition) is 0. The molecule has 7 heteroatoms. The number of methoxy groups -OCH3 is 2. The second kappa shape index (κ2) is 9.37. The zero-order valence-corrected chi connectivity index (χ0v) is 18.4. The van der Waals surface area contributed by atoms with Crippen molar-refractivity contribution in [2.75, 3.05) is 20.8 Å². The molecule has 0 spiro atoms. The molecule has 0 atom stereocenters. The maximum atomic E-state index is 13.0. The molecule has 3 rings (SSSR count). The molecule has 1 amide bonds. The van der Waals surface area contributed by atoms with Gasteiger partial charge in [-0.15, -0.1) is 0 Å². The smallest absolute Gasteiger partial charge is 0.266 e. The first-order chi connectivity index (χ1) is 14.0. The number of ether oxygens (including phenoxy) is 2. The number of hydrogen-bond acceptors (Lipinski definition) is 5. The van der Waals surface area contributed by atoms with E-state index < -0.39 is 0 Å². The number of thioether (sulfide) groups is 1. The average molecular weight is 431 g/mol. The minimum atomic E-state index is -0.0555. The van der Waals surface area contributed by atoms with Gasteiger partial charge >= 0.3 is 0 Å². The molecule has 0 aromatic heterocycles. The summed E-state index contributed by atoms with van der Waals surface area (Å²) in [6.45, 7) is 4.57. The average Bonchev–Trinajstić information content (AvgIpc) is 2.99. The molecule has 5 nitrogen and oxygen atoms in total. The predicted molar refractivity (Wildman–Crippen MR) is 120 cm³/mol. The second-order valence-corrected chi connectivity index (χ2v) is 7.90. The Morgan fingerprint density at radius 3 is 2.48 bits per heavy atom. The summed E-state index contributed by atoms with van der Waals surface area (Å²) in [4.78, 5) is 20.0. The van der Waals surface area contributed by atoms with Crippen LogP contribution in [0.1, 0.15) is 24.5 Å². The van der Waals surface area contributed by atoms with E-state index in [0.29, 0.717) is 27.4 Å². The summed E-state index contributed by atoms with van der Waals surface area (Å²) in [6, 6.07) is 11.0. The van der Waals surface area contributed by atoms with Crippen LogP contribution in [0, 0.1) is 6.92 Å². The molecule has 0 N–H and O–H groups in total. The van der Waals surface area contributed by atoms with Crippen LogP contribution in [0.2, 0.25) is 5.02 Å². The molecule has 1 saturated heterocycles. The third kappa shape index (κ3) is 4.60. The number of amidine groups is 1. The van der Waals surface area contributed by atoms with Gasteiger partial charge in [0, 0.05) is 22.7 Å². The minimum Gasteiger partial charge on any atom is -0.496 e. The Bertz CT molecular complexity index is 971. The molecule has 152 valence electrons. The van der Waals surface area contributed by atoms with Gasteiger partial charge in [0.2, 0.25) is 0 Å². The lowest BCUT2D eigenvalue weighted by Crippen LogP contribution is -2.29. The van der Waals surface area contributed by atoms with E-state index in [1.54, 1.807) is 31.3 Å². The maximum Gasteiger partial charge on any atom is 0.266 e. The first kappa shape index (κ1) is 21.3. The van der Waals surface area contributed by atoms with E-state index in [4.69, 9.17) is 21.1 Å². The van der Waals surface area contributed by atoms with Crippen molar-refractivity contribution >= 4 is 46.2 Å². The summed E-state index contributed by atoms with van der Waals surface area (Å²) < 4.78 is 10.9. The Morgan fingerprint density at radius 2 is 1.86 bits per heavy atom. The standard InChI is InChI=1S/C22H23ClN2O3S/c1-5-12-25-21(26)19(29-22(25)24-17-9-7-16(23)8-10-17)13-15-6-11-18(27-3)14(2)20(15)28-4/h6-11,13H,5,12H2,1-4H3/b19-13-,24-22?. The number of nitrogens with zero attached hydrogens (tertiary/aromatic N) is 2. The van der Waals surface area contributed by atoms with Gasteiger partial charge in [0.15, 0.2) is 5.17 Å². The fourth-order valence-corrected chi connectivity index (χ4v) is 4.22. The molecule has 0 radical (unpaired) electrons. The van der Waals surface area contributed by atoms with E-state index >= 15 is 0 Å². The lowest BCUT2D eigenvalue weighted by atomic mass is 10.1. The van der Waals surface area contributed by atoms with Gasteiger partial charge in [0.1, 0.15) is 11.5 Å². The summed E-state index contributed by atoms with van der Waals surface area (Å²) in [6.07, 6.45) is 2.69. The molecule has 2 aromatic rings. The van der Waals surface area contributed by atoms with Gasteiger partial charge in [0.25, 0.3) is 5.91 Å². The molecular weight excluding hydrogens is 408 g/mol. The molecule has 0 unspecified atom stereocenters. The van der Waals surface area contributed by atoms with Crippen LogP contribution >= 0.6 is 23.4 Å². The Hall–Kier alpha value is -2.44. The zero-order chi connectivity index (χ0) is 21.0. The van der Waals surface area contributed by atoms with E-state index in [0.717, 1.165) is 29.0 Å². The van der Waals surface area contributed by atoms with Crippen LogP contribution in [-0.2, 0) is 4.79 Å². The van der Waals surface area contributed by atoms with Crippen LogP contribution in [0.15, 0.2) is 46.3 Å². The van der Waals surface area contributed by atoms with Crippen LogP contribution in [-0.4, -0.2) is 36.7 Å². The summed E-state index contributed by atoms with van der Waals surface area (Å²) in [7, 11) is 3.24. The fraction of sp³-hybridized carbons (Fsp3) is 0.273. The highest BCUT2D eigenvalue weighted by molar-refractivity contribution is 8.18. The van der Waals surface area contributed by atoms with Crippen molar-refractivity contribution in [3.63, 3.8) is 0 Å². The van der Waals surface area contributed by atoms with Crippen LogP contribution in [0.4, 0.5) is 5.69 Å². The number of halogens is 1. The molecule has 1 aliphatic heterocycles. The van der Waals surface area contributed by atoms with Crippen molar-refractivity contribution in [2.45, 2.75) is 20.3 Å². The van der Waals surface area contributed by atoms with Gasteiger partial charge < -0.3 is 9.47 Å². The number of benzene rings is 2. The molecule has 1 heterocycles. The minimum absolute atomic E-state index is 0.0555. The lowest BCUT2D eigenvalue weighted by Gasteiger charge is -2.14. The third-order valence-electron chi connectivity index (χ3n) is 4.48. The predicted octanol–water partition coefficient (Wildman–Crippen LogP) is 5.68. The van der Waals surface area contributed by atoms with Gasteiger partial charge in [0.05, 0.1) is 24.8 Å². The highest BCUT2D eigenvalue weighted by atomic mass is 35.5. The SMILES string of the molecule is CCCN1C(=O)/C(=C/c2ccc(OC)c(C)c2OC)SC1=Nc1ccc(Cl)cc1. The first-order valence-electron chi connectivity index (χ1n) is 9.25. The largest absolute Gasteiger partial charge is 0.496 e. The second-order valence-electron chi connectivity index (χ2n) is 6.45. The lowest BCUT2D eigenvalue weighted by molar-refractivity contribution is -0.122. The van der Waals surface area contributed by atoms with E-state index in [9.17, 15) is 4.79 Å². The van der Waals surface area contributed by atoms with E-state index in [-0.39, 0.29) is 5.91 Å². The Labute approximate surface area is 180 Å². The van der Waals surface area contributed by atoms with Crippen molar-refractivity contribution in [3.05, 3.63) is 57.5 Å². The molecule has 29 heavy (non-hydrogen) atoms. The molecule has 2 aromatic carbocycles. The topological polar surface area (TPSA) is 51.1 Å². The summed E-state index contributed by atoms with van der Waals surface area (Å²) in [5, 5.41) is 1.31. The molecule has 1 fully saturated rings.